The van der Waals surface area contributed by atoms with Crippen molar-refractivity contribution >= 4 is 29.1 Å². The maximum atomic E-state index is 14.1. The number of imidazole rings is 1. The average Bonchev–Trinajstić information content (AvgIpc) is 3.50. The summed E-state index contributed by atoms with van der Waals surface area (Å²) in [5.41, 5.74) is 4.94. The lowest BCUT2D eigenvalue weighted by molar-refractivity contribution is 0.0144. The number of piperidine rings is 1. The second-order valence-corrected chi connectivity index (χ2v) is 11.7. The van der Waals surface area contributed by atoms with E-state index in [1.807, 2.05) is 42.2 Å². The molecule has 0 bridgehead atoms. The first kappa shape index (κ1) is 27.2. The Morgan fingerprint density at radius 1 is 1.00 bits per heavy atom. The molecule has 3 atom stereocenters. The third-order valence-corrected chi connectivity index (χ3v) is 9.18. The maximum Gasteiger partial charge on any atom is 0.257 e. The second-order valence-electron chi connectivity index (χ2n) is 11.3. The van der Waals surface area contributed by atoms with Crippen LogP contribution in [0.5, 0.6) is 0 Å². The largest absolute Gasteiger partial charge is 0.335 e. The molecule has 8 heteroatoms. The van der Waals surface area contributed by atoms with Crippen LogP contribution in [0.1, 0.15) is 70.4 Å². The number of halogens is 1. The number of carbonyl (C=O) groups excluding carboxylic acids is 2. The van der Waals surface area contributed by atoms with E-state index in [-0.39, 0.29) is 17.9 Å². The molecule has 3 unspecified atom stereocenters. The van der Waals surface area contributed by atoms with Gasteiger partial charge in [-0.05, 0) is 91.5 Å². The van der Waals surface area contributed by atoms with Gasteiger partial charge in [0.1, 0.15) is 5.15 Å². The number of carbonyl (C=O) groups is 2. The molecule has 0 radical (unpaired) electrons. The number of benzene rings is 2. The van der Waals surface area contributed by atoms with Crippen molar-refractivity contribution in [3.05, 3.63) is 107 Å². The number of amides is 2. The highest BCUT2D eigenvalue weighted by molar-refractivity contribution is 6.29. The monoisotopic (exact) mass is 567 g/mol. The molecule has 1 aliphatic heterocycles. The van der Waals surface area contributed by atoms with Crippen molar-refractivity contribution in [1.29, 1.82) is 0 Å². The van der Waals surface area contributed by atoms with Gasteiger partial charge in [0.05, 0.1) is 11.9 Å². The summed E-state index contributed by atoms with van der Waals surface area (Å²) < 4.78 is 2.01. The van der Waals surface area contributed by atoms with Gasteiger partial charge in [-0.15, -0.1) is 0 Å². The fraction of sp³-hybridized carbons (Fsp3) is 0.333. The quantitative estimate of drug-likeness (QED) is 0.257. The predicted octanol–water partition coefficient (Wildman–Crippen LogP) is 6.92. The third kappa shape index (κ3) is 5.51. The molecule has 1 aliphatic carbocycles. The van der Waals surface area contributed by atoms with E-state index < -0.39 is 0 Å². The Hall–Kier alpha value is -3.97. The van der Waals surface area contributed by atoms with Gasteiger partial charge in [0.25, 0.3) is 11.8 Å². The van der Waals surface area contributed by atoms with Crippen LogP contribution in [0.3, 0.4) is 0 Å². The fourth-order valence-corrected chi connectivity index (χ4v) is 6.56. The molecule has 2 aromatic carbocycles. The summed E-state index contributed by atoms with van der Waals surface area (Å²) in [5, 5.41) is 3.28. The Bertz CT molecular complexity index is 1530. The molecule has 2 aromatic heterocycles. The molecule has 6 rings (SSSR count). The number of pyridine rings is 1. The molecule has 2 aliphatic rings. The summed E-state index contributed by atoms with van der Waals surface area (Å²) in [7, 11) is 0. The van der Waals surface area contributed by atoms with Crippen LogP contribution in [0.25, 0.3) is 5.69 Å². The van der Waals surface area contributed by atoms with Crippen molar-refractivity contribution in [1.82, 2.24) is 19.4 Å². The molecule has 41 heavy (non-hydrogen) atoms. The molecule has 1 N–H and O–H groups in total. The number of nitrogens with zero attached hydrogens (tertiary/aromatic N) is 4. The van der Waals surface area contributed by atoms with Crippen molar-refractivity contribution in [2.24, 2.45) is 11.8 Å². The number of aryl methyl sites for hydroxylation is 1. The molecule has 1 saturated carbocycles. The normalized spacial score (nSPS) is 20.9. The highest BCUT2D eigenvalue weighted by Crippen LogP contribution is 2.45. The van der Waals surface area contributed by atoms with Crippen molar-refractivity contribution in [3.63, 3.8) is 0 Å². The number of anilines is 1. The van der Waals surface area contributed by atoms with Crippen molar-refractivity contribution in [2.45, 2.75) is 51.5 Å². The first-order chi connectivity index (χ1) is 19.9. The van der Waals surface area contributed by atoms with Crippen molar-refractivity contribution < 1.29 is 9.59 Å². The molecule has 2 amide bonds. The molecule has 4 aromatic rings. The smallest absolute Gasteiger partial charge is 0.257 e. The van der Waals surface area contributed by atoms with E-state index in [2.05, 4.69) is 51.4 Å². The zero-order valence-electron chi connectivity index (χ0n) is 23.3. The second kappa shape index (κ2) is 11.5. The van der Waals surface area contributed by atoms with Crippen LogP contribution in [-0.2, 0) is 0 Å². The van der Waals surface area contributed by atoms with Gasteiger partial charge in [0.2, 0.25) is 0 Å². The zero-order chi connectivity index (χ0) is 28.5. The molecule has 1 saturated heterocycles. The molecule has 3 heterocycles. The minimum Gasteiger partial charge on any atom is -0.335 e. The Kier molecular flexibility index (Phi) is 7.63. The summed E-state index contributed by atoms with van der Waals surface area (Å²) in [6.07, 6.45) is 11.5. The minimum atomic E-state index is -0.289. The van der Waals surface area contributed by atoms with E-state index in [0.29, 0.717) is 46.3 Å². The highest BCUT2D eigenvalue weighted by Gasteiger charge is 2.44. The molecular weight excluding hydrogens is 534 g/mol. The van der Waals surface area contributed by atoms with Crippen LogP contribution in [0.2, 0.25) is 5.15 Å². The topological polar surface area (TPSA) is 80.1 Å². The summed E-state index contributed by atoms with van der Waals surface area (Å²) in [6, 6.07) is 17.8. The van der Waals surface area contributed by atoms with Gasteiger partial charge >= 0.3 is 0 Å². The van der Waals surface area contributed by atoms with Gasteiger partial charge in [0.15, 0.2) is 0 Å². The van der Waals surface area contributed by atoms with Crippen molar-refractivity contribution in [2.75, 3.05) is 11.9 Å². The Morgan fingerprint density at radius 2 is 1.78 bits per heavy atom. The van der Waals surface area contributed by atoms with Gasteiger partial charge in [-0.1, -0.05) is 43.1 Å². The Morgan fingerprint density at radius 3 is 2.44 bits per heavy atom. The van der Waals surface area contributed by atoms with E-state index >= 15 is 0 Å². The molecule has 210 valence electrons. The van der Waals surface area contributed by atoms with Crippen LogP contribution in [0.4, 0.5) is 5.69 Å². The lowest BCUT2D eigenvalue weighted by Crippen LogP contribution is -2.55. The van der Waals surface area contributed by atoms with Gasteiger partial charge in [-0.3, -0.25) is 9.59 Å². The Balaban J connectivity index is 1.22. The number of likely N-dealkylation sites (tertiary alicyclic amines) is 1. The standard InChI is InChI=1S/C33H34ClN5O2/c1-21-6-7-25(18-29(21)37-32(40)26-10-13-30(34)36-19-26)33(41)39-16-14-28(22(2)31(39)24-4-3-5-24)23-8-11-27(12-9-23)38-17-15-35-20-38/h6-13,15,17-20,22,24,28,31H,3-5,14,16H2,1-2H3,(H,37,40). The third-order valence-electron chi connectivity index (χ3n) is 8.95. The number of rotatable bonds is 6. The van der Waals surface area contributed by atoms with Crippen LogP contribution in [0.15, 0.2) is 79.5 Å². The van der Waals surface area contributed by atoms with E-state index in [1.165, 1.54) is 18.2 Å². The first-order valence-corrected chi connectivity index (χ1v) is 14.7. The molecule has 0 spiro atoms. The van der Waals surface area contributed by atoms with E-state index in [4.69, 9.17) is 11.6 Å². The highest BCUT2D eigenvalue weighted by atomic mass is 35.5. The first-order valence-electron chi connectivity index (χ1n) is 14.3. The summed E-state index contributed by atoms with van der Waals surface area (Å²) in [5.74, 6) is 0.986. The predicted molar refractivity (Wildman–Crippen MR) is 161 cm³/mol. The zero-order valence-corrected chi connectivity index (χ0v) is 24.1. The number of nitrogens with one attached hydrogen (secondary N) is 1. The lowest BCUT2D eigenvalue weighted by atomic mass is 9.67. The van der Waals surface area contributed by atoms with Crippen LogP contribution < -0.4 is 5.32 Å². The SMILES string of the molecule is Cc1ccc(C(=O)N2CCC(c3ccc(-n4ccnc4)cc3)C(C)C2C2CCC2)cc1NC(=O)c1ccc(Cl)nc1. The average molecular weight is 568 g/mol. The molecule has 7 nitrogen and oxygen atoms in total. The van der Waals surface area contributed by atoms with E-state index in [9.17, 15) is 9.59 Å². The minimum absolute atomic E-state index is 0.0336. The van der Waals surface area contributed by atoms with E-state index in [0.717, 1.165) is 30.5 Å². The fourth-order valence-electron chi connectivity index (χ4n) is 6.45. The Labute approximate surface area is 245 Å². The van der Waals surface area contributed by atoms with Gasteiger partial charge in [-0.2, -0.15) is 0 Å². The number of hydrogen-bond donors (Lipinski definition) is 1. The van der Waals surface area contributed by atoms with Crippen LogP contribution >= 0.6 is 11.6 Å². The molecular formula is C33H34ClN5O2. The summed E-state index contributed by atoms with van der Waals surface area (Å²) in [4.78, 5) is 37.2. The van der Waals surface area contributed by atoms with Crippen molar-refractivity contribution in [3.8, 4) is 5.69 Å². The number of hydrogen-bond acceptors (Lipinski definition) is 4. The van der Waals surface area contributed by atoms with Gasteiger partial charge < -0.3 is 14.8 Å². The van der Waals surface area contributed by atoms with Gasteiger partial charge in [-0.25, -0.2) is 9.97 Å². The molecule has 2 fully saturated rings. The number of aromatic nitrogens is 3. The van der Waals surface area contributed by atoms with Crippen LogP contribution in [-0.4, -0.2) is 43.8 Å². The summed E-state index contributed by atoms with van der Waals surface area (Å²) >= 11 is 5.87. The summed E-state index contributed by atoms with van der Waals surface area (Å²) in [6.45, 7) is 4.95. The van der Waals surface area contributed by atoms with E-state index in [1.54, 1.807) is 18.3 Å². The van der Waals surface area contributed by atoms with Gasteiger partial charge in [0, 0.05) is 48.1 Å². The van der Waals surface area contributed by atoms with Crippen LogP contribution in [0, 0.1) is 18.8 Å². The maximum absolute atomic E-state index is 14.1. The lowest BCUT2D eigenvalue weighted by Gasteiger charge is -2.50.